The van der Waals surface area contributed by atoms with E-state index in [1.54, 1.807) is 12.1 Å². The van der Waals surface area contributed by atoms with Crippen molar-refractivity contribution in [3.63, 3.8) is 0 Å². The van der Waals surface area contributed by atoms with Crippen LogP contribution in [0.3, 0.4) is 0 Å². The maximum Gasteiger partial charge on any atom is 0.169 e. The quantitative estimate of drug-likeness (QED) is 0.679. The lowest BCUT2D eigenvalue weighted by Crippen LogP contribution is -2.15. The summed E-state index contributed by atoms with van der Waals surface area (Å²) in [5.41, 5.74) is 0.362. The molecule has 1 atom stereocenters. The van der Waals surface area contributed by atoms with Crippen LogP contribution in [0.15, 0.2) is 18.2 Å². The number of halogens is 1. The molecule has 18 heavy (non-hydrogen) atoms. The highest BCUT2D eigenvalue weighted by Crippen LogP contribution is 2.27. The molecule has 0 aliphatic heterocycles. The largest absolute Gasteiger partial charge is 0.493 e. The minimum Gasteiger partial charge on any atom is -0.493 e. The minimum absolute atomic E-state index is 0.0118. The molecular formula is C15H21FO2. The summed E-state index contributed by atoms with van der Waals surface area (Å²) in [4.78, 5) is 12.4. The van der Waals surface area contributed by atoms with E-state index in [0.29, 0.717) is 5.56 Å². The Kier molecular flexibility index (Phi) is 5.83. The minimum atomic E-state index is -0.478. The van der Waals surface area contributed by atoms with Crippen LogP contribution in [0, 0.1) is 11.7 Å². The van der Waals surface area contributed by atoms with Crippen LogP contribution in [0.25, 0.3) is 0 Å². The van der Waals surface area contributed by atoms with Crippen LogP contribution in [-0.4, -0.2) is 12.9 Å². The van der Waals surface area contributed by atoms with Crippen LogP contribution >= 0.6 is 0 Å². The van der Waals surface area contributed by atoms with Gasteiger partial charge in [0.15, 0.2) is 17.3 Å². The molecule has 0 saturated carbocycles. The third kappa shape index (κ3) is 3.31. The van der Waals surface area contributed by atoms with Crippen molar-refractivity contribution in [2.24, 2.45) is 5.92 Å². The number of unbranched alkanes of at least 4 members (excludes halogenated alkanes) is 1. The number of rotatable bonds is 7. The number of benzene rings is 1. The molecule has 2 nitrogen and oxygen atoms in total. The van der Waals surface area contributed by atoms with E-state index in [2.05, 4.69) is 6.92 Å². The maximum atomic E-state index is 13.6. The molecule has 0 amide bonds. The van der Waals surface area contributed by atoms with Crippen molar-refractivity contribution in [1.82, 2.24) is 0 Å². The molecule has 0 radical (unpaired) electrons. The highest BCUT2D eigenvalue weighted by Gasteiger charge is 2.22. The molecule has 1 rings (SSSR count). The second-order valence-electron chi connectivity index (χ2n) is 4.43. The number of Topliss-reactive ketones (excluding diaryl/α,β-unsaturated/α-hetero) is 1. The molecule has 0 spiro atoms. The smallest absolute Gasteiger partial charge is 0.169 e. The second-order valence-corrected chi connectivity index (χ2v) is 4.43. The highest BCUT2D eigenvalue weighted by molar-refractivity contribution is 6.00. The molecule has 0 saturated heterocycles. The van der Waals surface area contributed by atoms with E-state index in [0.717, 1.165) is 25.7 Å². The lowest BCUT2D eigenvalue weighted by Gasteiger charge is -2.15. The fourth-order valence-electron chi connectivity index (χ4n) is 2.10. The first-order valence-electron chi connectivity index (χ1n) is 6.52. The van der Waals surface area contributed by atoms with Gasteiger partial charge in [0.05, 0.1) is 12.7 Å². The Morgan fingerprint density at radius 1 is 1.39 bits per heavy atom. The van der Waals surface area contributed by atoms with Crippen LogP contribution in [0.4, 0.5) is 4.39 Å². The molecule has 0 aliphatic carbocycles. The first-order chi connectivity index (χ1) is 8.65. The maximum absolute atomic E-state index is 13.6. The van der Waals surface area contributed by atoms with E-state index < -0.39 is 5.82 Å². The van der Waals surface area contributed by atoms with Crippen molar-refractivity contribution in [2.75, 3.05) is 7.11 Å². The number of ketones is 1. The van der Waals surface area contributed by atoms with Crippen molar-refractivity contribution in [1.29, 1.82) is 0 Å². The zero-order chi connectivity index (χ0) is 13.5. The number of para-hydroxylation sites is 1. The van der Waals surface area contributed by atoms with Crippen LogP contribution < -0.4 is 4.74 Å². The lowest BCUT2D eigenvalue weighted by atomic mass is 9.90. The van der Waals surface area contributed by atoms with Gasteiger partial charge in [0.1, 0.15) is 0 Å². The summed E-state index contributed by atoms with van der Waals surface area (Å²) >= 11 is 0. The van der Waals surface area contributed by atoms with E-state index in [9.17, 15) is 9.18 Å². The van der Waals surface area contributed by atoms with Gasteiger partial charge in [0.25, 0.3) is 0 Å². The van der Waals surface area contributed by atoms with E-state index >= 15 is 0 Å². The molecule has 1 aromatic carbocycles. The van der Waals surface area contributed by atoms with E-state index in [1.165, 1.54) is 13.2 Å². The summed E-state index contributed by atoms with van der Waals surface area (Å²) in [6, 6.07) is 4.50. The number of carbonyl (C=O) groups excluding carboxylic acids is 1. The van der Waals surface area contributed by atoms with Crippen molar-refractivity contribution < 1.29 is 13.9 Å². The molecule has 100 valence electrons. The summed E-state index contributed by atoms with van der Waals surface area (Å²) in [5.74, 6) is -0.464. The third-order valence-electron chi connectivity index (χ3n) is 3.21. The molecule has 1 aromatic rings. The first kappa shape index (κ1) is 14.7. The fraction of sp³-hybridized carbons (Fsp3) is 0.533. The average Bonchev–Trinajstić information content (AvgIpc) is 2.39. The third-order valence-corrected chi connectivity index (χ3v) is 3.21. The number of hydrogen-bond donors (Lipinski definition) is 0. The summed E-state index contributed by atoms with van der Waals surface area (Å²) in [6.45, 7) is 4.09. The molecule has 0 heterocycles. The molecule has 0 aromatic heterocycles. The normalized spacial score (nSPS) is 12.2. The fourth-order valence-corrected chi connectivity index (χ4v) is 2.10. The Labute approximate surface area is 108 Å². The van der Waals surface area contributed by atoms with Crippen molar-refractivity contribution >= 4 is 5.78 Å². The van der Waals surface area contributed by atoms with Crippen molar-refractivity contribution in [2.45, 2.75) is 39.5 Å². The summed E-state index contributed by atoms with van der Waals surface area (Å²) < 4.78 is 18.6. The van der Waals surface area contributed by atoms with Gasteiger partial charge in [-0.25, -0.2) is 4.39 Å². The molecule has 0 aliphatic rings. The van der Waals surface area contributed by atoms with Gasteiger partial charge in [0, 0.05) is 5.92 Å². The van der Waals surface area contributed by atoms with E-state index in [-0.39, 0.29) is 17.5 Å². The van der Waals surface area contributed by atoms with Gasteiger partial charge in [-0.3, -0.25) is 4.79 Å². The van der Waals surface area contributed by atoms with Gasteiger partial charge in [-0.2, -0.15) is 0 Å². The van der Waals surface area contributed by atoms with E-state index in [1.807, 2.05) is 6.92 Å². The molecule has 3 heteroatoms. The Bertz CT molecular complexity index is 401. The summed E-state index contributed by atoms with van der Waals surface area (Å²) in [7, 11) is 1.39. The predicted octanol–water partition coefficient (Wildman–Crippen LogP) is 4.23. The Morgan fingerprint density at radius 3 is 2.67 bits per heavy atom. The van der Waals surface area contributed by atoms with Gasteiger partial charge in [0.2, 0.25) is 0 Å². The number of methoxy groups -OCH3 is 1. The van der Waals surface area contributed by atoms with Gasteiger partial charge in [-0.05, 0) is 25.0 Å². The number of carbonyl (C=O) groups is 1. The summed E-state index contributed by atoms with van der Waals surface area (Å²) in [5, 5.41) is 0. The van der Waals surface area contributed by atoms with Crippen LogP contribution in [-0.2, 0) is 0 Å². The average molecular weight is 252 g/mol. The molecule has 0 fully saturated rings. The van der Waals surface area contributed by atoms with Gasteiger partial charge in [-0.1, -0.05) is 32.8 Å². The van der Waals surface area contributed by atoms with Crippen LogP contribution in [0.2, 0.25) is 0 Å². The van der Waals surface area contributed by atoms with Crippen LogP contribution in [0.5, 0.6) is 5.75 Å². The SMILES string of the molecule is CCCCC(CC)C(=O)c1cccc(F)c1OC. The van der Waals surface area contributed by atoms with Crippen molar-refractivity contribution in [3.8, 4) is 5.75 Å². The summed E-state index contributed by atoms with van der Waals surface area (Å²) in [6.07, 6.45) is 3.70. The molecule has 0 bridgehead atoms. The zero-order valence-electron chi connectivity index (χ0n) is 11.3. The first-order valence-corrected chi connectivity index (χ1v) is 6.52. The lowest BCUT2D eigenvalue weighted by molar-refractivity contribution is 0.0904. The number of hydrogen-bond acceptors (Lipinski definition) is 2. The van der Waals surface area contributed by atoms with Crippen molar-refractivity contribution in [3.05, 3.63) is 29.6 Å². The topological polar surface area (TPSA) is 26.3 Å². The highest BCUT2D eigenvalue weighted by atomic mass is 19.1. The Balaban J connectivity index is 2.97. The predicted molar refractivity (Wildman–Crippen MR) is 70.6 cm³/mol. The van der Waals surface area contributed by atoms with Gasteiger partial charge < -0.3 is 4.74 Å². The Hall–Kier alpha value is -1.38. The monoisotopic (exact) mass is 252 g/mol. The Morgan fingerprint density at radius 2 is 2.11 bits per heavy atom. The molecular weight excluding hydrogens is 231 g/mol. The van der Waals surface area contributed by atoms with E-state index in [4.69, 9.17) is 4.74 Å². The second kappa shape index (κ2) is 7.14. The van der Waals surface area contributed by atoms with Crippen LogP contribution in [0.1, 0.15) is 49.9 Å². The molecule has 0 N–H and O–H groups in total. The molecule has 1 unspecified atom stereocenters. The zero-order valence-corrected chi connectivity index (χ0v) is 11.3. The standard InChI is InChI=1S/C15H21FO2/c1-4-6-8-11(5-2)14(17)12-9-7-10-13(16)15(12)18-3/h7,9-11H,4-6,8H2,1-3H3. The van der Waals surface area contributed by atoms with Gasteiger partial charge in [-0.15, -0.1) is 0 Å². The van der Waals surface area contributed by atoms with Gasteiger partial charge >= 0.3 is 0 Å². The number of ether oxygens (including phenoxy) is 1.